The molecular weight excluding hydrogens is 222 g/mol. The molecule has 0 aliphatic rings. The van der Waals surface area contributed by atoms with Crippen LogP contribution in [-0.2, 0) is 0 Å². The van der Waals surface area contributed by atoms with Gasteiger partial charge in [0.25, 0.3) is 0 Å². The molecule has 0 atom stereocenters. The summed E-state index contributed by atoms with van der Waals surface area (Å²) in [4.78, 5) is 15.8. The Kier molecular flexibility index (Phi) is 3.12. The van der Waals surface area contributed by atoms with Crippen molar-refractivity contribution in [3.05, 3.63) is 57.4 Å². The van der Waals surface area contributed by atoms with Crippen LogP contribution in [0.5, 0.6) is 0 Å². The van der Waals surface area contributed by atoms with Gasteiger partial charge in [0.05, 0.1) is 5.69 Å². The summed E-state index contributed by atoms with van der Waals surface area (Å²) in [5.41, 5.74) is 7.02. The Labute approximate surface area is 108 Å². The lowest BCUT2D eigenvalue weighted by Gasteiger charge is -2.07. The molecule has 2 heteroatoms. The number of carbonyl (C=O) groups excluding carboxylic acids is 1. The molecule has 0 radical (unpaired) electrons. The summed E-state index contributed by atoms with van der Waals surface area (Å²) < 4.78 is 0. The minimum atomic E-state index is 0.0879. The van der Waals surface area contributed by atoms with Crippen LogP contribution in [0.4, 0.5) is 0 Å². The van der Waals surface area contributed by atoms with Crippen molar-refractivity contribution in [2.24, 2.45) is 0 Å². The van der Waals surface area contributed by atoms with E-state index in [1.165, 1.54) is 5.56 Å². The molecule has 1 heterocycles. The number of aromatic amines is 1. The van der Waals surface area contributed by atoms with Gasteiger partial charge in [-0.05, 0) is 56.9 Å². The third-order valence-electron chi connectivity index (χ3n) is 3.89. The molecule has 0 amide bonds. The quantitative estimate of drug-likeness (QED) is 0.797. The molecule has 0 fully saturated rings. The van der Waals surface area contributed by atoms with E-state index in [4.69, 9.17) is 0 Å². The molecule has 1 N–H and O–H groups in total. The van der Waals surface area contributed by atoms with E-state index < -0.39 is 0 Å². The molecule has 1 aromatic carbocycles. The first-order valence-electron chi connectivity index (χ1n) is 6.20. The molecule has 0 aliphatic heterocycles. The zero-order valence-corrected chi connectivity index (χ0v) is 11.6. The fraction of sp³-hybridized carbons (Fsp3) is 0.312. The smallest absolute Gasteiger partial charge is 0.209 e. The van der Waals surface area contributed by atoms with E-state index in [-0.39, 0.29) is 5.78 Å². The maximum absolute atomic E-state index is 12.6. The van der Waals surface area contributed by atoms with Gasteiger partial charge in [-0.15, -0.1) is 0 Å². The first-order chi connectivity index (χ1) is 8.43. The fourth-order valence-corrected chi connectivity index (χ4v) is 2.20. The first-order valence-corrected chi connectivity index (χ1v) is 6.20. The molecule has 2 rings (SSSR count). The van der Waals surface area contributed by atoms with Gasteiger partial charge in [-0.3, -0.25) is 4.79 Å². The number of hydrogen-bond acceptors (Lipinski definition) is 1. The second kappa shape index (κ2) is 4.45. The maximum atomic E-state index is 12.6. The molecule has 0 aliphatic carbocycles. The molecule has 0 spiro atoms. The third kappa shape index (κ3) is 1.88. The Morgan fingerprint density at radius 2 is 1.61 bits per heavy atom. The van der Waals surface area contributed by atoms with Gasteiger partial charge < -0.3 is 4.98 Å². The number of benzene rings is 1. The Hall–Kier alpha value is -1.83. The van der Waals surface area contributed by atoms with Crippen molar-refractivity contribution in [3.63, 3.8) is 0 Å². The topological polar surface area (TPSA) is 32.9 Å². The number of ketones is 1. The van der Waals surface area contributed by atoms with E-state index in [2.05, 4.69) is 4.98 Å². The molecule has 94 valence electrons. The van der Waals surface area contributed by atoms with E-state index in [0.717, 1.165) is 33.6 Å². The van der Waals surface area contributed by atoms with Crippen molar-refractivity contribution in [2.75, 3.05) is 0 Å². The van der Waals surface area contributed by atoms with Crippen LogP contribution in [-0.4, -0.2) is 10.8 Å². The molecule has 0 saturated carbocycles. The number of hydrogen-bond donors (Lipinski definition) is 1. The summed E-state index contributed by atoms with van der Waals surface area (Å²) in [6.45, 7) is 10.1. The van der Waals surface area contributed by atoms with Crippen LogP contribution in [0, 0.1) is 34.6 Å². The van der Waals surface area contributed by atoms with Gasteiger partial charge in [0, 0.05) is 11.3 Å². The monoisotopic (exact) mass is 241 g/mol. The highest BCUT2D eigenvalue weighted by molar-refractivity contribution is 6.10. The highest BCUT2D eigenvalue weighted by atomic mass is 16.1. The van der Waals surface area contributed by atoms with Gasteiger partial charge in [-0.25, -0.2) is 0 Å². The summed E-state index contributed by atoms with van der Waals surface area (Å²) in [6, 6.07) is 5.87. The average molecular weight is 241 g/mol. The molecule has 2 nitrogen and oxygen atoms in total. The van der Waals surface area contributed by atoms with Crippen LogP contribution in [0.3, 0.4) is 0 Å². The van der Waals surface area contributed by atoms with Crippen molar-refractivity contribution in [1.29, 1.82) is 0 Å². The van der Waals surface area contributed by atoms with E-state index in [0.29, 0.717) is 0 Å². The summed E-state index contributed by atoms with van der Waals surface area (Å²) in [5.74, 6) is 0.0879. The van der Waals surface area contributed by atoms with Crippen LogP contribution in [0.25, 0.3) is 0 Å². The minimum Gasteiger partial charge on any atom is -0.356 e. The molecule has 0 bridgehead atoms. The van der Waals surface area contributed by atoms with Crippen molar-refractivity contribution < 1.29 is 4.79 Å². The van der Waals surface area contributed by atoms with Crippen molar-refractivity contribution in [1.82, 2.24) is 4.98 Å². The number of rotatable bonds is 2. The zero-order valence-electron chi connectivity index (χ0n) is 11.6. The van der Waals surface area contributed by atoms with Crippen molar-refractivity contribution in [3.8, 4) is 0 Å². The maximum Gasteiger partial charge on any atom is 0.209 e. The Bertz CT molecular complexity index is 620. The number of H-pyrrole nitrogens is 1. The van der Waals surface area contributed by atoms with E-state index in [1.807, 2.05) is 52.8 Å². The molecule has 18 heavy (non-hydrogen) atoms. The SMILES string of the molecule is Cc1cccc(C(=O)c2[nH]c(C)c(C)c2C)c1C. The summed E-state index contributed by atoms with van der Waals surface area (Å²) in [5, 5.41) is 0. The Morgan fingerprint density at radius 3 is 2.17 bits per heavy atom. The van der Waals surface area contributed by atoms with Gasteiger partial charge >= 0.3 is 0 Å². The molecule has 0 unspecified atom stereocenters. The third-order valence-corrected chi connectivity index (χ3v) is 3.89. The van der Waals surface area contributed by atoms with Crippen LogP contribution < -0.4 is 0 Å². The average Bonchev–Trinajstić information content (AvgIpc) is 2.60. The fourth-order valence-electron chi connectivity index (χ4n) is 2.20. The van der Waals surface area contributed by atoms with Crippen molar-refractivity contribution >= 4 is 5.78 Å². The lowest BCUT2D eigenvalue weighted by atomic mass is 9.97. The van der Waals surface area contributed by atoms with Gasteiger partial charge in [0.1, 0.15) is 0 Å². The van der Waals surface area contributed by atoms with E-state index in [1.54, 1.807) is 0 Å². The summed E-state index contributed by atoms with van der Waals surface area (Å²) >= 11 is 0. The molecular formula is C16H19NO. The second-order valence-corrected chi connectivity index (χ2v) is 4.95. The Morgan fingerprint density at radius 1 is 0.944 bits per heavy atom. The van der Waals surface area contributed by atoms with Gasteiger partial charge in [0.2, 0.25) is 5.78 Å². The number of nitrogens with one attached hydrogen (secondary N) is 1. The predicted octanol–water partition coefficient (Wildman–Crippen LogP) is 3.79. The predicted molar refractivity (Wildman–Crippen MR) is 74.4 cm³/mol. The van der Waals surface area contributed by atoms with Crippen LogP contribution in [0.2, 0.25) is 0 Å². The Balaban J connectivity index is 2.55. The number of aromatic nitrogens is 1. The normalized spacial score (nSPS) is 10.7. The highest BCUT2D eigenvalue weighted by Gasteiger charge is 2.18. The largest absolute Gasteiger partial charge is 0.356 e. The molecule has 2 aromatic rings. The van der Waals surface area contributed by atoms with Gasteiger partial charge in [-0.1, -0.05) is 18.2 Å². The van der Waals surface area contributed by atoms with Gasteiger partial charge in [-0.2, -0.15) is 0 Å². The molecule has 0 saturated heterocycles. The minimum absolute atomic E-state index is 0.0879. The summed E-state index contributed by atoms with van der Waals surface area (Å²) in [7, 11) is 0. The van der Waals surface area contributed by atoms with Crippen LogP contribution in [0.15, 0.2) is 18.2 Å². The van der Waals surface area contributed by atoms with Crippen LogP contribution >= 0.6 is 0 Å². The van der Waals surface area contributed by atoms with Crippen LogP contribution in [0.1, 0.15) is 44.0 Å². The highest BCUT2D eigenvalue weighted by Crippen LogP contribution is 2.22. The summed E-state index contributed by atoms with van der Waals surface area (Å²) in [6.07, 6.45) is 0. The lowest BCUT2D eigenvalue weighted by Crippen LogP contribution is -2.06. The molecule has 1 aromatic heterocycles. The zero-order chi connectivity index (χ0) is 13.4. The lowest BCUT2D eigenvalue weighted by molar-refractivity contribution is 0.103. The van der Waals surface area contributed by atoms with E-state index >= 15 is 0 Å². The van der Waals surface area contributed by atoms with Gasteiger partial charge in [0.15, 0.2) is 0 Å². The number of aryl methyl sites for hydroxylation is 2. The first kappa shape index (κ1) is 12.6. The van der Waals surface area contributed by atoms with E-state index in [9.17, 15) is 4.79 Å². The standard InChI is InChI=1S/C16H19NO/c1-9-7-6-8-14(10(9)2)16(18)15-12(4)11(3)13(5)17-15/h6-8,17H,1-5H3. The second-order valence-electron chi connectivity index (χ2n) is 4.95. The van der Waals surface area contributed by atoms with Crippen molar-refractivity contribution in [2.45, 2.75) is 34.6 Å². The number of carbonyl (C=O) groups is 1.